The maximum Gasteiger partial charge on any atom is 0.243 e. The van der Waals surface area contributed by atoms with Crippen LogP contribution in [0.15, 0.2) is 53.8 Å². The summed E-state index contributed by atoms with van der Waals surface area (Å²) in [4.78, 5) is 14.5. The van der Waals surface area contributed by atoms with E-state index in [1.165, 1.54) is 6.92 Å². The van der Waals surface area contributed by atoms with Crippen molar-refractivity contribution >= 4 is 5.91 Å². The van der Waals surface area contributed by atoms with Gasteiger partial charge in [0.2, 0.25) is 5.91 Å². The van der Waals surface area contributed by atoms with Crippen molar-refractivity contribution in [2.75, 3.05) is 0 Å². The number of hydrogen-bond acceptors (Lipinski definition) is 6. The average Bonchev–Trinajstić information content (AvgIpc) is 2.38. The summed E-state index contributed by atoms with van der Waals surface area (Å²) in [6.07, 6.45) is 3.34. The molecular formula is C12H12ClN3O5. The highest BCUT2D eigenvalue weighted by Gasteiger charge is 1.98. The van der Waals surface area contributed by atoms with Gasteiger partial charge in [-0.05, 0) is 18.2 Å². The Bertz CT molecular complexity index is 625. The normalized spacial score (nSPS) is 11.6. The van der Waals surface area contributed by atoms with E-state index in [9.17, 15) is 4.79 Å². The molecule has 1 amide bonds. The van der Waals surface area contributed by atoms with Gasteiger partial charge in [-0.3, -0.25) is 4.79 Å². The topological polar surface area (TPSA) is 137 Å². The number of para-hydroxylation sites is 1. The lowest BCUT2D eigenvalue weighted by Gasteiger charge is -2.03. The van der Waals surface area contributed by atoms with E-state index >= 15 is 0 Å². The van der Waals surface area contributed by atoms with Crippen molar-refractivity contribution < 1.29 is 33.7 Å². The van der Waals surface area contributed by atoms with E-state index in [0.29, 0.717) is 5.36 Å². The number of carbonyl (C=O) groups excluding carboxylic acids is 1. The van der Waals surface area contributed by atoms with E-state index in [1.807, 2.05) is 30.3 Å². The number of aromatic nitrogens is 2. The number of amides is 1. The van der Waals surface area contributed by atoms with Gasteiger partial charge in [-0.15, -0.1) is 0 Å². The lowest BCUT2D eigenvalue weighted by molar-refractivity contribution is -1.92. The fraction of sp³-hybridized carbons (Fsp3) is 0.0833. The maximum atomic E-state index is 10.8. The van der Waals surface area contributed by atoms with Crippen molar-refractivity contribution in [1.29, 1.82) is 0 Å². The third kappa shape index (κ3) is 7.92. The van der Waals surface area contributed by atoms with Crippen molar-refractivity contribution in [3.63, 3.8) is 0 Å². The molecule has 0 spiro atoms. The summed E-state index contributed by atoms with van der Waals surface area (Å²) in [6, 6.07) is 11.5. The quantitative estimate of drug-likeness (QED) is 0.603. The minimum atomic E-state index is -4.69. The number of rotatable bonds is 1. The van der Waals surface area contributed by atoms with Crippen molar-refractivity contribution in [2.45, 2.75) is 6.92 Å². The molecule has 0 saturated carbocycles. The Morgan fingerprint density at radius 1 is 1.24 bits per heavy atom. The predicted molar refractivity (Wildman–Crippen MR) is 62.0 cm³/mol. The Morgan fingerprint density at radius 2 is 1.81 bits per heavy atom. The Labute approximate surface area is 122 Å². The lowest BCUT2D eigenvalue weighted by atomic mass is 10.3. The number of hydrogen-bond donors (Lipinski definition) is 1. The van der Waals surface area contributed by atoms with Gasteiger partial charge in [-0.25, -0.2) is 9.67 Å². The van der Waals surface area contributed by atoms with Crippen LogP contribution >= 0.6 is 0 Å². The zero-order chi connectivity index (χ0) is 15.9. The summed E-state index contributed by atoms with van der Waals surface area (Å²) < 4.78 is 34.4. The third-order valence-corrected chi connectivity index (χ3v) is 2.01. The van der Waals surface area contributed by atoms with Crippen LogP contribution in [-0.2, 0) is 4.79 Å². The summed E-state index contributed by atoms with van der Waals surface area (Å²) in [5.74, 6) is -0.223. The van der Waals surface area contributed by atoms with Gasteiger partial charge in [-0.2, -0.15) is 19.1 Å². The molecule has 0 atom stereocenters. The molecule has 0 radical (unpaired) electrons. The van der Waals surface area contributed by atoms with Crippen LogP contribution in [0.2, 0.25) is 0 Å². The number of benzene rings is 1. The zero-order valence-corrected chi connectivity index (χ0v) is 11.7. The standard InChI is InChI=1S/C12H11N3O.ClHO4/c1-10(16)14-11-7-8-15(13-9-11)12-5-3-2-4-6-12;2-1(3,4)5/h2-9H,1H3;(H,2,3,4,5)/b14-11-;. The van der Waals surface area contributed by atoms with Crippen LogP contribution in [0.3, 0.4) is 0 Å². The van der Waals surface area contributed by atoms with E-state index in [1.54, 1.807) is 23.1 Å². The van der Waals surface area contributed by atoms with Gasteiger partial charge in [0.15, 0.2) is 0 Å². The van der Waals surface area contributed by atoms with Crippen molar-refractivity contribution in [3.05, 3.63) is 54.1 Å². The van der Waals surface area contributed by atoms with E-state index in [-0.39, 0.29) is 5.91 Å². The second-order valence-corrected chi connectivity index (χ2v) is 4.48. The Balaban J connectivity index is 0.000000383. The van der Waals surface area contributed by atoms with Gasteiger partial charge >= 0.3 is 0 Å². The van der Waals surface area contributed by atoms with Crippen molar-refractivity contribution in [2.24, 2.45) is 4.99 Å². The first-order valence-corrected chi connectivity index (χ1v) is 6.81. The molecule has 0 saturated heterocycles. The zero-order valence-electron chi connectivity index (χ0n) is 10.9. The molecule has 0 unspecified atom stereocenters. The molecule has 0 aliphatic rings. The Kier molecular flexibility index (Phi) is 6.15. The van der Waals surface area contributed by atoms with Gasteiger partial charge < -0.3 is 0 Å². The summed E-state index contributed by atoms with van der Waals surface area (Å²) >= 11 is 0. The van der Waals surface area contributed by atoms with Crippen LogP contribution in [0.1, 0.15) is 6.92 Å². The molecule has 1 aromatic heterocycles. The molecule has 0 aliphatic carbocycles. The van der Waals surface area contributed by atoms with Crippen LogP contribution in [0.5, 0.6) is 0 Å². The molecule has 9 heteroatoms. The average molecular weight is 314 g/mol. The van der Waals surface area contributed by atoms with Gasteiger partial charge in [0.05, 0.1) is 32.1 Å². The second kappa shape index (κ2) is 7.62. The molecule has 1 N–H and O–H groups in total. The second-order valence-electron chi connectivity index (χ2n) is 3.69. The minimum Gasteiger partial charge on any atom is -0.273 e. The highest BCUT2D eigenvalue weighted by atomic mass is 35.7. The Hall–Kier alpha value is -2.10. The van der Waals surface area contributed by atoms with Gasteiger partial charge in [-0.1, -0.05) is 18.2 Å². The molecule has 112 valence electrons. The van der Waals surface area contributed by atoms with Crippen molar-refractivity contribution in [3.8, 4) is 5.69 Å². The molecule has 8 nitrogen and oxygen atoms in total. The van der Waals surface area contributed by atoms with Gasteiger partial charge in [0.25, 0.3) is 0 Å². The Morgan fingerprint density at radius 3 is 2.24 bits per heavy atom. The molecule has 2 aromatic rings. The first kappa shape index (κ1) is 17.0. The predicted octanol–water partition coefficient (Wildman–Crippen LogP) is -2.80. The molecule has 1 heterocycles. The number of carbonyl (C=O) groups is 1. The van der Waals surface area contributed by atoms with E-state index in [0.717, 1.165) is 5.69 Å². The highest BCUT2D eigenvalue weighted by Crippen LogP contribution is 2.02. The van der Waals surface area contributed by atoms with Crippen molar-refractivity contribution in [1.82, 2.24) is 9.78 Å². The minimum absolute atomic E-state index is 0.223. The van der Waals surface area contributed by atoms with E-state index in [4.69, 9.17) is 18.6 Å². The molecule has 2 rings (SSSR count). The molecule has 0 aliphatic heterocycles. The smallest absolute Gasteiger partial charge is 0.243 e. The largest absolute Gasteiger partial charge is 0.273 e. The number of nitrogens with zero attached hydrogens (tertiary/aromatic N) is 3. The van der Waals surface area contributed by atoms with Crippen LogP contribution < -0.4 is 19.3 Å². The molecule has 21 heavy (non-hydrogen) atoms. The summed E-state index contributed by atoms with van der Waals surface area (Å²) in [7, 11) is -4.69. The first-order chi connectivity index (χ1) is 9.75. The molecule has 1 aromatic carbocycles. The first-order valence-electron chi connectivity index (χ1n) is 5.54. The lowest BCUT2D eigenvalue weighted by Crippen LogP contribution is -2.58. The molecule has 0 bridgehead atoms. The van der Waals surface area contributed by atoms with Crippen LogP contribution in [0.4, 0.5) is 0 Å². The van der Waals surface area contributed by atoms with Gasteiger partial charge in [0.1, 0.15) is 0 Å². The van der Waals surface area contributed by atoms with Gasteiger partial charge in [0, 0.05) is 13.1 Å². The SMILES string of the molecule is CC(=O)/N=c1/ccn(-c2ccccc2)nc1.[O-][Cl+3]([O-])([O-])O. The van der Waals surface area contributed by atoms with Crippen LogP contribution in [0.25, 0.3) is 5.69 Å². The maximum absolute atomic E-state index is 10.8. The van der Waals surface area contributed by atoms with Crippen LogP contribution in [-0.4, -0.2) is 20.3 Å². The summed E-state index contributed by atoms with van der Waals surface area (Å²) in [6.45, 7) is 1.41. The fourth-order valence-electron chi connectivity index (χ4n) is 1.33. The summed E-state index contributed by atoms with van der Waals surface area (Å²) in [5, 5.41) is 4.74. The fourth-order valence-corrected chi connectivity index (χ4v) is 1.33. The van der Waals surface area contributed by atoms with E-state index in [2.05, 4.69) is 10.1 Å². The monoisotopic (exact) mass is 313 g/mol. The molecular weight excluding hydrogens is 302 g/mol. The third-order valence-electron chi connectivity index (χ3n) is 2.01. The highest BCUT2D eigenvalue weighted by molar-refractivity contribution is 5.73. The van der Waals surface area contributed by atoms with E-state index < -0.39 is 10.2 Å². The molecule has 0 fully saturated rings. The van der Waals surface area contributed by atoms with Crippen LogP contribution in [0, 0.1) is 10.2 Å². The number of halogens is 1. The summed E-state index contributed by atoms with van der Waals surface area (Å²) in [5.41, 5.74) is 0.969.